The number of benzene rings is 1. The number of hydrogen-bond acceptors (Lipinski definition) is 6. The quantitative estimate of drug-likeness (QED) is 0.789. The Morgan fingerprint density at radius 3 is 2.61 bits per heavy atom. The SMILES string of the molecule is COc1cnc(-c2ncccn2)nc1Nc1ccc(F)c(Cl)c1. The van der Waals surface area contributed by atoms with Crippen LogP contribution < -0.4 is 10.1 Å². The van der Waals surface area contributed by atoms with Crippen molar-refractivity contribution in [2.45, 2.75) is 0 Å². The summed E-state index contributed by atoms with van der Waals surface area (Å²) >= 11 is 5.78. The number of rotatable bonds is 4. The molecule has 3 rings (SSSR count). The van der Waals surface area contributed by atoms with Crippen LogP contribution in [0.3, 0.4) is 0 Å². The Morgan fingerprint density at radius 2 is 1.91 bits per heavy atom. The number of anilines is 2. The van der Waals surface area contributed by atoms with E-state index in [0.717, 1.165) is 0 Å². The van der Waals surface area contributed by atoms with E-state index in [0.29, 0.717) is 28.9 Å². The van der Waals surface area contributed by atoms with Crippen molar-refractivity contribution in [3.8, 4) is 17.4 Å². The normalized spacial score (nSPS) is 10.4. The molecule has 1 aromatic carbocycles. The van der Waals surface area contributed by atoms with Crippen LogP contribution in [0.2, 0.25) is 5.02 Å². The van der Waals surface area contributed by atoms with Crippen LogP contribution in [-0.2, 0) is 0 Å². The lowest BCUT2D eigenvalue weighted by Gasteiger charge is -2.11. The van der Waals surface area contributed by atoms with Crippen LogP contribution in [0, 0.1) is 5.82 Å². The molecule has 0 spiro atoms. The van der Waals surface area contributed by atoms with Gasteiger partial charge in [-0.05, 0) is 24.3 Å². The summed E-state index contributed by atoms with van der Waals surface area (Å²) in [5, 5.41) is 3.03. The molecule has 8 heteroatoms. The Morgan fingerprint density at radius 1 is 1.13 bits per heavy atom. The molecule has 0 saturated heterocycles. The Balaban J connectivity index is 1.98. The summed E-state index contributed by atoms with van der Waals surface area (Å²) in [6.07, 6.45) is 4.71. The molecule has 0 bridgehead atoms. The van der Waals surface area contributed by atoms with E-state index in [1.165, 1.54) is 25.4 Å². The molecule has 0 aliphatic heterocycles. The zero-order valence-corrected chi connectivity index (χ0v) is 12.8. The third kappa shape index (κ3) is 3.35. The molecule has 2 aromatic heterocycles. The second kappa shape index (κ2) is 6.53. The van der Waals surface area contributed by atoms with Crippen LogP contribution in [-0.4, -0.2) is 27.0 Å². The summed E-state index contributed by atoms with van der Waals surface area (Å²) in [6.45, 7) is 0. The second-order valence-corrected chi connectivity index (χ2v) is 4.84. The average molecular weight is 332 g/mol. The highest BCUT2D eigenvalue weighted by Gasteiger charge is 2.12. The summed E-state index contributed by atoms with van der Waals surface area (Å²) in [4.78, 5) is 16.7. The summed E-state index contributed by atoms with van der Waals surface area (Å²) < 4.78 is 18.5. The van der Waals surface area contributed by atoms with Crippen molar-refractivity contribution in [2.75, 3.05) is 12.4 Å². The van der Waals surface area contributed by atoms with Crippen LogP contribution in [0.1, 0.15) is 0 Å². The second-order valence-electron chi connectivity index (χ2n) is 4.44. The van der Waals surface area contributed by atoms with Gasteiger partial charge in [-0.1, -0.05) is 11.6 Å². The van der Waals surface area contributed by atoms with Gasteiger partial charge in [0.25, 0.3) is 0 Å². The zero-order valence-electron chi connectivity index (χ0n) is 12.0. The Hall–Kier alpha value is -2.80. The third-order valence-corrected chi connectivity index (χ3v) is 3.21. The predicted molar refractivity (Wildman–Crippen MR) is 84.3 cm³/mol. The molecule has 3 aromatic rings. The monoisotopic (exact) mass is 331 g/mol. The molecule has 6 nitrogen and oxygen atoms in total. The smallest absolute Gasteiger partial charge is 0.199 e. The molecule has 0 saturated carbocycles. The molecule has 0 atom stereocenters. The molecule has 0 aliphatic rings. The lowest BCUT2D eigenvalue weighted by atomic mass is 10.3. The van der Waals surface area contributed by atoms with Gasteiger partial charge in [-0.15, -0.1) is 0 Å². The first-order chi connectivity index (χ1) is 11.2. The number of nitrogens with zero attached hydrogens (tertiary/aromatic N) is 4. The highest BCUT2D eigenvalue weighted by atomic mass is 35.5. The topological polar surface area (TPSA) is 72.8 Å². The van der Waals surface area contributed by atoms with Crippen LogP contribution in [0.15, 0.2) is 42.9 Å². The molecular formula is C15H11ClFN5O. The highest BCUT2D eigenvalue weighted by Crippen LogP contribution is 2.28. The van der Waals surface area contributed by atoms with Crippen molar-refractivity contribution in [3.05, 3.63) is 53.7 Å². The van der Waals surface area contributed by atoms with Crippen molar-refractivity contribution in [1.29, 1.82) is 0 Å². The van der Waals surface area contributed by atoms with Crippen molar-refractivity contribution in [1.82, 2.24) is 19.9 Å². The maximum atomic E-state index is 13.2. The molecule has 23 heavy (non-hydrogen) atoms. The number of nitrogens with one attached hydrogen (secondary N) is 1. The zero-order chi connectivity index (χ0) is 16.2. The van der Waals surface area contributed by atoms with Crippen molar-refractivity contribution in [3.63, 3.8) is 0 Å². The van der Waals surface area contributed by atoms with Gasteiger partial charge in [0.15, 0.2) is 23.2 Å². The van der Waals surface area contributed by atoms with Gasteiger partial charge in [0.2, 0.25) is 0 Å². The highest BCUT2D eigenvalue weighted by molar-refractivity contribution is 6.31. The van der Waals surface area contributed by atoms with E-state index in [-0.39, 0.29) is 5.02 Å². The van der Waals surface area contributed by atoms with E-state index in [4.69, 9.17) is 16.3 Å². The van der Waals surface area contributed by atoms with E-state index >= 15 is 0 Å². The van der Waals surface area contributed by atoms with Crippen molar-refractivity contribution in [2.24, 2.45) is 0 Å². The van der Waals surface area contributed by atoms with E-state index in [1.807, 2.05) is 0 Å². The molecule has 0 unspecified atom stereocenters. The molecule has 0 fully saturated rings. The number of hydrogen-bond donors (Lipinski definition) is 1. The van der Waals surface area contributed by atoms with Crippen molar-refractivity contribution < 1.29 is 9.13 Å². The lowest BCUT2D eigenvalue weighted by Crippen LogP contribution is -2.02. The minimum absolute atomic E-state index is 0.00893. The fourth-order valence-corrected chi connectivity index (χ4v) is 2.02. The van der Waals surface area contributed by atoms with Gasteiger partial charge >= 0.3 is 0 Å². The van der Waals surface area contributed by atoms with E-state index in [1.54, 1.807) is 24.5 Å². The molecule has 0 amide bonds. The van der Waals surface area contributed by atoms with Gasteiger partial charge in [0, 0.05) is 18.1 Å². The largest absolute Gasteiger partial charge is 0.491 e. The van der Waals surface area contributed by atoms with Crippen LogP contribution in [0.25, 0.3) is 11.6 Å². The summed E-state index contributed by atoms with van der Waals surface area (Å²) in [5.74, 6) is 1.04. The lowest BCUT2D eigenvalue weighted by molar-refractivity contribution is 0.413. The Kier molecular flexibility index (Phi) is 4.29. The Bertz CT molecular complexity index is 831. The molecule has 0 radical (unpaired) electrons. The van der Waals surface area contributed by atoms with Crippen LogP contribution >= 0.6 is 11.6 Å². The number of aromatic nitrogens is 4. The first kappa shape index (κ1) is 15.1. The van der Waals surface area contributed by atoms with Crippen LogP contribution in [0.4, 0.5) is 15.9 Å². The minimum Gasteiger partial charge on any atom is -0.491 e. The van der Waals surface area contributed by atoms with Gasteiger partial charge in [0.05, 0.1) is 18.3 Å². The van der Waals surface area contributed by atoms with E-state index < -0.39 is 5.82 Å². The van der Waals surface area contributed by atoms with E-state index in [2.05, 4.69) is 25.3 Å². The molecule has 1 N–H and O–H groups in total. The van der Waals surface area contributed by atoms with Crippen molar-refractivity contribution >= 4 is 23.1 Å². The van der Waals surface area contributed by atoms with Crippen LogP contribution in [0.5, 0.6) is 5.75 Å². The van der Waals surface area contributed by atoms with Gasteiger partial charge < -0.3 is 10.1 Å². The first-order valence-electron chi connectivity index (χ1n) is 6.58. The fraction of sp³-hybridized carbons (Fsp3) is 0.0667. The number of ether oxygens (including phenoxy) is 1. The Labute approximate surface area is 136 Å². The fourth-order valence-electron chi connectivity index (χ4n) is 1.84. The van der Waals surface area contributed by atoms with Gasteiger partial charge in [-0.25, -0.2) is 24.3 Å². The number of methoxy groups -OCH3 is 1. The average Bonchev–Trinajstić information content (AvgIpc) is 2.59. The summed E-state index contributed by atoms with van der Waals surface area (Å²) in [5.41, 5.74) is 0.563. The molecule has 2 heterocycles. The predicted octanol–water partition coefficient (Wildman–Crippen LogP) is 3.48. The molecule has 0 aliphatic carbocycles. The van der Waals surface area contributed by atoms with Gasteiger partial charge in [-0.2, -0.15) is 0 Å². The first-order valence-corrected chi connectivity index (χ1v) is 6.95. The third-order valence-electron chi connectivity index (χ3n) is 2.92. The van der Waals surface area contributed by atoms with E-state index in [9.17, 15) is 4.39 Å². The maximum Gasteiger partial charge on any atom is 0.199 e. The molecule has 116 valence electrons. The number of halogens is 2. The standard InChI is InChI=1S/C15H11ClFN5O/c1-23-12-8-20-15(14-18-5-2-6-19-14)22-13(12)21-9-3-4-11(17)10(16)7-9/h2-8H,1H3,(H,20,21,22). The molecular weight excluding hydrogens is 321 g/mol. The van der Waals surface area contributed by atoms with Gasteiger partial charge in [0.1, 0.15) is 5.82 Å². The maximum absolute atomic E-state index is 13.2. The van der Waals surface area contributed by atoms with Gasteiger partial charge in [-0.3, -0.25) is 0 Å². The summed E-state index contributed by atoms with van der Waals surface area (Å²) in [6, 6.07) is 5.96. The summed E-state index contributed by atoms with van der Waals surface area (Å²) in [7, 11) is 1.50. The minimum atomic E-state index is -0.495.